The summed E-state index contributed by atoms with van der Waals surface area (Å²) in [5.41, 5.74) is 1.62. The molecule has 0 saturated carbocycles. The number of benzene rings is 1. The summed E-state index contributed by atoms with van der Waals surface area (Å²) >= 11 is 1.43. The molecule has 0 aliphatic carbocycles. The number of fused-ring (bicyclic) bond motifs is 1. The maximum atomic E-state index is 12.7. The highest BCUT2D eigenvalue weighted by Crippen LogP contribution is 2.34. The van der Waals surface area contributed by atoms with Crippen LogP contribution in [0, 0.1) is 0 Å². The Hall–Kier alpha value is -2.14. The number of anilines is 1. The molecule has 2 heterocycles. The standard InChI is InChI=1S/C16H15NO3S/c1-2-11-7-8-14(21-11)15(18)17-12-6-4-3-5-10(12)9-13(17)16(19)20/h3-8,13H,2,9H2,1H3,(H,19,20). The maximum absolute atomic E-state index is 12.7. The van der Waals surface area contributed by atoms with Crippen molar-refractivity contribution in [1.29, 1.82) is 0 Å². The van der Waals surface area contributed by atoms with E-state index in [2.05, 4.69) is 0 Å². The molecule has 1 unspecified atom stereocenters. The highest BCUT2D eigenvalue weighted by Gasteiger charge is 2.38. The zero-order valence-electron chi connectivity index (χ0n) is 11.6. The van der Waals surface area contributed by atoms with Crippen LogP contribution in [0.2, 0.25) is 0 Å². The number of carboxylic acids is 1. The highest BCUT2D eigenvalue weighted by atomic mass is 32.1. The second kappa shape index (κ2) is 5.33. The minimum Gasteiger partial charge on any atom is -0.480 e. The zero-order valence-corrected chi connectivity index (χ0v) is 12.4. The second-order valence-electron chi connectivity index (χ2n) is 4.98. The van der Waals surface area contributed by atoms with Crippen LogP contribution >= 0.6 is 11.3 Å². The van der Waals surface area contributed by atoms with Crippen molar-refractivity contribution in [3.8, 4) is 0 Å². The molecule has 1 aromatic carbocycles. The number of aryl methyl sites for hydroxylation is 1. The van der Waals surface area contributed by atoms with E-state index in [0.29, 0.717) is 17.0 Å². The van der Waals surface area contributed by atoms with Crippen LogP contribution < -0.4 is 4.90 Å². The highest BCUT2D eigenvalue weighted by molar-refractivity contribution is 7.14. The summed E-state index contributed by atoms with van der Waals surface area (Å²) in [7, 11) is 0. The predicted octanol–water partition coefficient (Wildman–Crippen LogP) is 2.97. The summed E-state index contributed by atoms with van der Waals surface area (Å²) in [6.07, 6.45) is 1.24. The summed E-state index contributed by atoms with van der Waals surface area (Å²) in [4.78, 5) is 27.3. The first-order valence-corrected chi connectivity index (χ1v) is 7.66. The molecule has 21 heavy (non-hydrogen) atoms. The quantitative estimate of drug-likeness (QED) is 0.948. The van der Waals surface area contributed by atoms with Crippen LogP contribution in [0.3, 0.4) is 0 Å². The van der Waals surface area contributed by atoms with E-state index in [9.17, 15) is 14.7 Å². The van der Waals surface area contributed by atoms with Crippen LogP contribution in [-0.2, 0) is 17.6 Å². The first kappa shape index (κ1) is 13.8. The molecular formula is C16H15NO3S. The molecule has 108 valence electrons. The molecule has 0 fully saturated rings. The van der Waals surface area contributed by atoms with Crippen LogP contribution in [0.1, 0.15) is 27.0 Å². The van der Waals surface area contributed by atoms with E-state index >= 15 is 0 Å². The van der Waals surface area contributed by atoms with Gasteiger partial charge >= 0.3 is 5.97 Å². The minimum atomic E-state index is -0.966. The number of nitrogens with zero attached hydrogens (tertiary/aromatic N) is 1. The summed E-state index contributed by atoms with van der Waals surface area (Å²) in [6.45, 7) is 2.03. The van der Waals surface area contributed by atoms with Gasteiger partial charge in [-0.3, -0.25) is 9.69 Å². The lowest BCUT2D eigenvalue weighted by Crippen LogP contribution is -2.42. The van der Waals surface area contributed by atoms with Crippen molar-refractivity contribution in [3.63, 3.8) is 0 Å². The van der Waals surface area contributed by atoms with Crippen LogP contribution in [-0.4, -0.2) is 23.0 Å². The molecular weight excluding hydrogens is 286 g/mol. The molecule has 1 aliphatic heterocycles. The molecule has 1 amide bonds. The molecule has 0 radical (unpaired) electrons. The minimum absolute atomic E-state index is 0.225. The molecule has 1 N–H and O–H groups in total. The Morgan fingerprint density at radius 3 is 2.71 bits per heavy atom. The van der Waals surface area contributed by atoms with E-state index < -0.39 is 12.0 Å². The average molecular weight is 301 g/mol. The Kier molecular flexibility index (Phi) is 3.51. The van der Waals surface area contributed by atoms with Crippen LogP contribution in [0.4, 0.5) is 5.69 Å². The molecule has 0 saturated heterocycles. The number of rotatable bonds is 3. The molecule has 5 heteroatoms. The van der Waals surface area contributed by atoms with Crippen molar-refractivity contribution >= 4 is 28.9 Å². The third-order valence-corrected chi connectivity index (χ3v) is 4.92. The fourth-order valence-electron chi connectivity index (χ4n) is 2.64. The van der Waals surface area contributed by atoms with E-state index in [1.54, 1.807) is 6.07 Å². The van der Waals surface area contributed by atoms with Gasteiger partial charge in [-0.05, 0) is 30.2 Å². The fraction of sp³-hybridized carbons (Fsp3) is 0.250. The van der Waals surface area contributed by atoms with E-state index in [0.717, 1.165) is 16.9 Å². The zero-order chi connectivity index (χ0) is 15.0. The van der Waals surface area contributed by atoms with Crippen molar-refractivity contribution in [1.82, 2.24) is 0 Å². The van der Waals surface area contributed by atoms with Crippen LogP contribution in [0.25, 0.3) is 0 Å². The topological polar surface area (TPSA) is 57.6 Å². The molecule has 1 aliphatic rings. The predicted molar refractivity (Wildman–Crippen MR) is 82.1 cm³/mol. The molecule has 0 spiro atoms. The fourth-order valence-corrected chi connectivity index (χ4v) is 3.52. The Morgan fingerprint density at radius 1 is 1.29 bits per heavy atom. The van der Waals surface area contributed by atoms with Gasteiger partial charge in [0.2, 0.25) is 0 Å². The normalized spacial score (nSPS) is 16.8. The lowest BCUT2D eigenvalue weighted by Gasteiger charge is -2.21. The van der Waals surface area contributed by atoms with Crippen molar-refractivity contribution in [2.45, 2.75) is 25.8 Å². The number of hydrogen-bond acceptors (Lipinski definition) is 3. The molecule has 1 aromatic heterocycles. The van der Waals surface area contributed by atoms with Gasteiger partial charge in [-0.1, -0.05) is 25.1 Å². The first-order chi connectivity index (χ1) is 10.1. The van der Waals surface area contributed by atoms with Gasteiger partial charge in [0.05, 0.1) is 4.88 Å². The van der Waals surface area contributed by atoms with Crippen LogP contribution in [0.5, 0.6) is 0 Å². The number of aliphatic carboxylic acids is 1. The smallest absolute Gasteiger partial charge is 0.327 e. The van der Waals surface area contributed by atoms with Gasteiger partial charge in [0.1, 0.15) is 6.04 Å². The molecule has 2 aromatic rings. The number of thiophene rings is 1. The SMILES string of the molecule is CCc1ccc(C(=O)N2c3ccccc3CC2C(=O)O)s1. The molecule has 3 rings (SSSR count). The Bertz CT molecular complexity index is 707. The number of hydrogen-bond donors (Lipinski definition) is 1. The Balaban J connectivity index is 2.01. The first-order valence-electron chi connectivity index (χ1n) is 6.84. The van der Waals surface area contributed by atoms with Gasteiger partial charge in [-0.2, -0.15) is 0 Å². The van der Waals surface area contributed by atoms with E-state index in [1.165, 1.54) is 16.2 Å². The maximum Gasteiger partial charge on any atom is 0.327 e. The average Bonchev–Trinajstić information content (AvgIpc) is 3.11. The van der Waals surface area contributed by atoms with E-state index in [4.69, 9.17) is 0 Å². The summed E-state index contributed by atoms with van der Waals surface area (Å²) in [6, 6.07) is 10.3. The molecule has 1 atom stereocenters. The molecule has 4 nitrogen and oxygen atoms in total. The van der Waals surface area contributed by atoms with Gasteiger partial charge in [0.15, 0.2) is 0 Å². The Labute approximate surface area is 126 Å². The van der Waals surface area contributed by atoms with Gasteiger partial charge in [-0.25, -0.2) is 4.79 Å². The number of carbonyl (C=O) groups excluding carboxylic acids is 1. The van der Waals surface area contributed by atoms with Gasteiger partial charge < -0.3 is 5.11 Å². The largest absolute Gasteiger partial charge is 0.480 e. The summed E-state index contributed by atoms with van der Waals surface area (Å²) < 4.78 is 0. The van der Waals surface area contributed by atoms with E-state index in [1.807, 2.05) is 37.3 Å². The van der Waals surface area contributed by atoms with Crippen molar-refractivity contribution in [2.75, 3.05) is 4.90 Å². The van der Waals surface area contributed by atoms with Crippen molar-refractivity contribution in [2.24, 2.45) is 0 Å². The van der Waals surface area contributed by atoms with Gasteiger partial charge in [0, 0.05) is 17.0 Å². The summed E-state index contributed by atoms with van der Waals surface area (Å²) in [5.74, 6) is -1.19. The number of carboxylic acid groups (broad SMARTS) is 1. The number of para-hydroxylation sites is 1. The van der Waals surface area contributed by atoms with Crippen molar-refractivity contribution in [3.05, 3.63) is 51.7 Å². The van der Waals surface area contributed by atoms with Crippen molar-refractivity contribution < 1.29 is 14.7 Å². The Morgan fingerprint density at radius 2 is 2.05 bits per heavy atom. The van der Waals surface area contributed by atoms with Crippen LogP contribution in [0.15, 0.2) is 36.4 Å². The third kappa shape index (κ3) is 2.34. The second-order valence-corrected chi connectivity index (χ2v) is 6.15. The lowest BCUT2D eigenvalue weighted by atomic mass is 10.1. The third-order valence-electron chi connectivity index (χ3n) is 3.70. The monoisotopic (exact) mass is 301 g/mol. The van der Waals surface area contributed by atoms with E-state index in [-0.39, 0.29) is 5.91 Å². The van der Waals surface area contributed by atoms with Gasteiger partial charge in [-0.15, -0.1) is 11.3 Å². The molecule has 0 bridgehead atoms. The number of carbonyl (C=O) groups is 2. The summed E-state index contributed by atoms with van der Waals surface area (Å²) in [5, 5.41) is 9.41. The van der Waals surface area contributed by atoms with Gasteiger partial charge in [0.25, 0.3) is 5.91 Å². The number of amides is 1. The lowest BCUT2D eigenvalue weighted by molar-refractivity contribution is -0.138.